The minimum Gasteiger partial charge on any atom is -0.479 e. The number of aryl methyl sites for hydroxylation is 1. The van der Waals surface area contributed by atoms with Gasteiger partial charge in [-0.2, -0.15) is 0 Å². The van der Waals surface area contributed by atoms with Gasteiger partial charge >= 0.3 is 5.97 Å². The molecule has 7 nitrogen and oxygen atoms in total. The van der Waals surface area contributed by atoms with E-state index in [4.69, 9.17) is 26.3 Å². The summed E-state index contributed by atoms with van der Waals surface area (Å²) in [7, 11) is 4.29. The summed E-state index contributed by atoms with van der Waals surface area (Å²) in [5, 5.41) is 11.7. The average Bonchev–Trinajstić information content (AvgIpc) is 3.35. The molecule has 2 aromatic carbocycles. The van der Waals surface area contributed by atoms with Crippen LogP contribution in [-0.4, -0.2) is 56.7 Å². The molecule has 1 saturated carbocycles. The molecule has 0 saturated heterocycles. The highest BCUT2D eigenvalue weighted by molar-refractivity contribution is 7.22. The molecular weight excluding hydrogens is 556 g/mol. The third-order valence-corrected chi connectivity index (χ3v) is 9.07. The van der Waals surface area contributed by atoms with Crippen molar-refractivity contribution in [2.75, 3.05) is 14.1 Å². The fourth-order valence-electron chi connectivity index (χ4n) is 5.69. The van der Waals surface area contributed by atoms with Gasteiger partial charge in [-0.3, -0.25) is 0 Å². The van der Waals surface area contributed by atoms with E-state index in [1.165, 1.54) is 11.3 Å². The Bertz CT molecular complexity index is 1550. The van der Waals surface area contributed by atoms with Gasteiger partial charge in [0.15, 0.2) is 6.10 Å². The number of nitrogens with zero attached hydrogens (tertiary/aromatic N) is 4. The molecule has 216 valence electrons. The Kier molecular flexibility index (Phi) is 8.48. The molecule has 0 unspecified atom stereocenters. The first kappa shape index (κ1) is 29.6. The van der Waals surface area contributed by atoms with Crippen molar-refractivity contribution in [3.63, 3.8) is 0 Å². The number of benzene rings is 2. The number of hydrogen-bond donors (Lipinski definition) is 1. The van der Waals surface area contributed by atoms with E-state index in [1.54, 1.807) is 0 Å². The molecule has 9 heteroatoms. The minimum absolute atomic E-state index is 0.338. The van der Waals surface area contributed by atoms with Gasteiger partial charge in [0.05, 0.1) is 15.8 Å². The number of aliphatic carboxylic acids is 1. The zero-order chi connectivity index (χ0) is 29.5. The number of aromatic nitrogens is 3. The number of hydrogen-bond acceptors (Lipinski definition) is 7. The van der Waals surface area contributed by atoms with Gasteiger partial charge in [0.25, 0.3) is 0 Å². The predicted molar refractivity (Wildman–Crippen MR) is 166 cm³/mol. The van der Waals surface area contributed by atoms with Crippen LogP contribution in [-0.2, 0) is 9.53 Å². The summed E-state index contributed by atoms with van der Waals surface area (Å²) >= 11 is 7.75. The number of carboxylic acids is 1. The summed E-state index contributed by atoms with van der Waals surface area (Å²) in [6.45, 7) is 7.51. The molecule has 2 aromatic heterocycles. The summed E-state index contributed by atoms with van der Waals surface area (Å²) in [4.78, 5) is 29.5. The number of carbonyl (C=O) groups is 1. The first-order valence-corrected chi connectivity index (χ1v) is 15.2. The zero-order valence-electron chi connectivity index (χ0n) is 24.4. The van der Waals surface area contributed by atoms with Crippen LogP contribution in [0.4, 0.5) is 0 Å². The van der Waals surface area contributed by atoms with Crippen LogP contribution in [0.1, 0.15) is 75.4 Å². The van der Waals surface area contributed by atoms with Crippen molar-refractivity contribution < 1.29 is 14.6 Å². The Morgan fingerprint density at radius 2 is 1.78 bits per heavy atom. The van der Waals surface area contributed by atoms with Gasteiger partial charge < -0.3 is 14.7 Å². The molecule has 1 aliphatic carbocycles. The molecule has 0 spiro atoms. The van der Waals surface area contributed by atoms with Gasteiger partial charge in [-0.15, -0.1) is 11.3 Å². The molecule has 1 fully saturated rings. The summed E-state index contributed by atoms with van der Waals surface area (Å²) in [6.07, 6.45) is 5.09. The fourth-order valence-corrected chi connectivity index (χ4v) is 6.91. The van der Waals surface area contributed by atoms with E-state index >= 15 is 0 Å². The number of ether oxygens (including phenoxy) is 1. The fraction of sp³-hybridized carbons (Fsp3) is 0.438. The topological polar surface area (TPSA) is 88.4 Å². The van der Waals surface area contributed by atoms with Crippen LogP contribution in [0.3, 0.4) is 0 Å². The van der Waals surface area contributed by atoms with E-state index in [2.05, 4.69) is 24.0 Å². The standard InChI is InChI=1S/C32H37ClN4O3S/c1-18-17-24-28(26(19-7-11-21(33)12-8-19)25(18)27(31(38)39)40-32(2,3)4)41-30(36-24)23-15-16-34-29(35-23)20-9-13-22(14-10-20)37(5)6/h7-8,11-12,15-17,20,22,27H,9-10,13-14H2,1-6H3,(H,38,39)/t20?,22?,27-/m0/s1. The van der Waals surface area contributed by atoms with E-state index in [1.807, 2.05) is 70.3 Å². The molecule has 5 rings (SSSR count). The SMILES string of the molecule is Cc1cc2nc(-c3ccnc(C4CCC(N(C)C)CC4)n3)sc2c(-c2ccc(Cl)cc2)c1[C@H](OC(C)(C)C)C(=O)O. The molecule has 1 N–H and O–H groups in total. The van der Waals surface area contributed by atoms with Crippen molar-refractivity contribution in [3.8, 4) is 21.8 Å². The van der Waals surface area contributed by atoms with Crippen molar-refractivity contribution in [2.45, 2.75) is 77.0 Å². The Morgan fingerprint density at radius 3 is 2.39 bits per heavy atom. The number of thiazole rings is 1. The molecule has 41 heavy (non-hydrogen) atoms. The lowest BCUT2D eigenvalue weighted by atomic mass is 9.85. The number of rotatable bonds is 7. The van der Waals surface area contributed by atoms with Gasteiger partial charge in [0, 0.05) is 34.3 Å². The second-order valence-corrected chi connectivity index (χ2v) is 13.5. The van der Waals surface area contributed by atoms with Gasteiger partial charge in [0.2, 0.25) is 0 Å². The minimum atomic E-state index is -1.15. The van der Waals surface area contributed by atoms with Crippen molar-refractivity contribution in [2.24, 2.45) is 0 Å². The van der Waals surface area contributed by atoms with Gasteiger partial charge in [0.1, 0.15) is 16.5 Å². The Hall–Kier alpha value is -2.91. The third-order valence-electron chi connectivity index (χ3n) is 7.70. The molecule has 0 aliphatic heterocycles. The monoisotopic (exact) mass is 592 g/mol. The van der Waals surface area contributed by atoms with Crippen LogP contribution in [0.2, 0.25) is 5.02 Å². The van der Waals surface area contributed by atoms with E-state index in [0.29, 0.717) is 22.5 Å². The summed E-state index contributed by atoms with van der Waals surface area (Å²) < 4.78 is 7.02. The van der Waals surface area contributed by atoms with Crippen molar-refractivity contribution in [3.05, 3.63) is 64.6 Å². The van der Waals surface area contributed by atoms with E-state index < -0.39 is 17.7 Å². The van der Waals surface area contributed by atoms with Crippen LogP contribution in [0.25, 0.3) is 32.0 Å². The maximum Gasteiger partial charge on any atom is 0.337 e. The van der Waals surface area contributed by atoms with Gasteiger partial charge in [-0.05, 0) is 103 Å². The lowest BCUT2D eigenvalue weighted by Gasteiger charge is -2.31. The van der Waals surface area contributed by atoms with Crippen molar-refractivity contribution >= 4 is 39.1 Å². The number of carboxylic acid groups (broad SMARTS) is 1. The summed E-state index contributed by atoms with van der Waals surface area (Å²) in [5.74, 6) is 0.176. The van der Waals surface area contributed by atoms with Gasteiger partial charge in [-0.1, -0.05) is 23.7 Å². The van der Waals surface area contributed by atoms with E-state index in [9.17, 15) is 9.90 Å². The van der Waals surface area contributed by atoms with E-state index in [-0.39, 0.29) is 0 Å². The molecule has 4 aromatic rings. The predicted octanol–water partition coefficient (Wildman–Crippen LogP) is 7.91. The van der Waals surface area contributed by atoms with Gasteiger partial charge in [-0.25, -0.2) is 19.7 Å². The van der Waals surface area contributed by atoms with Crippen LogP contribution in [0.5, 0.6) is 0 Å². The smallest absolute Gasteiger partial charge is 0.337 e. The highest BCUT2D eigenvalue weighted by atomic mass is 35.5. The van der Waals surface area contributed by atoms with Crippen molar-refractivity contribution in [1.82, 2.24) is 19.9 Å². The van der Waals surface area contributed by atoms with Crippen molar-refractivity contribution in [1.29, 1.82) is 0 Å². The molecule has 0 radical (unpaired) electrons. The van der Waals surface area contributed by atoms with E-state index in [0.717, 1.165) is 69.1 Å². The summed E-state index contributed by atoms with van der Waals surface area (Å²) in [6, 6.07) is 11.9. The second-order valence-electron chi connectivity index (χ2n) is 12.1. The molecule has 0 amide bonds. The van der Waals surface area contributed by atoms with Crippen LogP contribution >= 0.6 is 22.9 Å². The lowest BCUT2D eigenvalue weighted by molar-refractivity contribution is -0.160. The molecule has 1 atom stereocenters. The Morgan fingerprint density at radius 1 is 1.10 bits per heavy atom. The highest BCUT2D eigenvalue weighted by Crippen LogP contribution is 2.44. The average molecular weight is 593 g/mol. The number of halogens is 1. The normalized spacial score (nSPS) is 18.6. The maximum atomic E-state index is 12.6. The molecule has 1 aliphatic rings. The molecule has 2 heterocycles. The number of fused-ring (bicyclic) bond motifs is 1. The summed E-state index contributed by atoms with van der Waals surface area (Å²) in [5.41, 5.74) is 4.00. The second kappa shape index (κ2) is 11.8. The Labute approximate surface area is 250 Å². The van der Waals surface area contributed by atoms with Crippen LogP contribution in [0.15, 0.2) is 42.6 Å². The molecule has 0 bridgehead atoms. The highest BCUT2D eigenvalue weighted by Gasteiger charge is 2.32. The third kappa shape index (κ3) is 6.46. The molecular formula is C32H37ClN4O3S. The lowest BCUT2D eigenvalue weighted by Crippen LogP contribution is -2.31. The quantitative estimate of drug-likeness (QED) is 0.233. The van der Waals surface area contributed by atoms with Crippen LogP contribution in [0, 0.1) is 6.92 Å². The largest absolute Gasteiger partial charge is 0.479 e. The first-order valence-electron chi connectivity index (χ1n) is 14.0. The Balaban J connectivity index is 1.62. The van der Waals surface area contributed by atoms with Crippen LogP contribution < -0.4 is 0 Å². The zero-order valence-corrected chi connectivity index (χ0v) is 26.0. The maximum absolute atomic E-state index is 12.6. The first-order chi connectivity index (χ1) is 19.4.